The minimum absolute atomic E-state index is 0.0183. The van der Waals surface area contributed by atoms with Crippen molar-refractivity contribution in [2.75, 3.05) is 7.11 Å². The maximum atomic E-state index is 13.7. The molecule has 0 aliphatic heterocycles. The van der Waals surface area contributed by atoms with E-state index in [-0.39, 0.29) is 28.6 Å². The van der Waals surface area contributed by atoms with Gasteiger partial charge in [-0.15, -0.1) is 0 Å². The Kier molecular flexibility index (Phi) is 5.03. The van der Waals surface area contributed by atoms with Crippen molar-refractivity contribution >= 4 is 21.9 Å². The van der Waals surface area contributed by atoms with Crippen molar-refractivity contribution in [3.8, 4) is 5.75 Å². The topological polar surface area (TPSA) is 72.5 Å². The summed E-state index contributed by atoms with van der Waals surface area (Å²) in [5, 5.41) is 8.52. The summed E-state index contributed by atoms with van der Waals surface area (Å²) in [6, 6.07) is 0.404. The molecule has 0 aliphatic carbocycles. The molecule has 4 nitrogen and oxygen atoms in total. The summed E-state index contributed by atoms with van der Waals surface area (Å²) in [5.41, 5.74) is 5.56. The first-order valence-electron chi connectivity index (χ1n) is 5.07. The van der Waals surface area contributed by atoms with Gasteiger partial charge < -0.3 is 15.6 Å². The number of rotatable bonds is 5. The molecule has 0 amide bonds. The molecule has 3 N–H and O–H groups in total. The molecule has 18 heavy (non-hydrogen) atoms. The van der Waals surface area contributed by atoms with Crippen LogP contribution in [-0.4, -0.2) is 18.2 Å². The number of methoxy groups -OCH3 is 1. The number of carboxylic acids is 1. The molecule has 0 spiro atoms. The summed E-state index contributed by atoms with van der Waals surface area (Å²) in [4.78, 5) is 10.4. The summed E-state index contributed by atoms with van der Waals surface area (Å²) in [5.74, 6) is -3.55. The molecule has 0 fully saturated rings. The van der Waals surface area contributed by atoms with Crippen LogP contribution in [-0.2, 0) is 4.79 Å². The molecule has 100 valence electrons. The Morgan fingerprint density at radius 1 is 1.56 bits per heavy atom. The van der Waals surface area contributed by atoms with Crippen molar-refractivity contribution in [3.05, 3.63) is 27.7 Å². The Balaban J connectivity index is 3.06. The van der Waals surface area contributed by atoms with E-state index >= 15 is 0 Å². The van der Waals surface area contributed by atoms with E-state index in [0.717, 1.165) is 0 Å². The third kappa shape index (κ3) is 3.17. The lowest BCUT2D eigenvalue weighted by Gasteiger charge is -2.15. The third-order valence-corrected chi connectivity index (χ3v) is 3.01. The van der Waals surface area contributed by atoms with Gasteiger partial charge in [0.05, 0.1) is 11.6 Å². The standard InChI is InChI=1S/C11H12BrF2NO3/c1-18-11-6(12)4-5(9(13)10(11)14)7(15)2-3-8(16)17/h4,7H,2-3,15H2,1H3,(H,16,17). The van der Waals surface area contributed by atoms with Gasteiger partial charge in [-0.2, -0.15) is 4.39 Å². The second kappa shape index (κ2) is 6.10. The van der Waals surface area contributed by atoms with E-state index in [4.69, 9.17) is 15.6 Å². The lowest BCUT2D eigenvalue weighted by atomic mass is 10.0. The normalized spacial score (nSPS) is 12.3. The van der Waals surface area contributed by atoms with Gasteiger partial charge >= 0.3 is 5.97 Å². The fourth-order valence-corrected chi connectivity index (χ4v) is 2.07. The Morgan fingerprint density at radius 3 is 2.67 bits per heavy atom. The highest BCUT2D eigenvalue weighted by Crippen LogP contribution is 2.34. The molecule has 0 saturated heterocycles. The first-order valence-corrected chi connectivity index (χ1v) is 5.86. The summed E-state index contributed by atoms with van der Waals surface area (Å²) >= 11 is 3.04. The van der Waals surface area contributed by atoms with Gasteiger partial charge in [0.25, 0.3) is 0 Å². The van der Waals surface area contributed by atoms with Crippen molar-refractivity contribution < 1.29 is 23.4 Å². The quantitative estimate of drug-likeness (QED) is 0.817. The second-order valence-electron chi connectivity index (χ2n) is 3.65. The van der Waals surface area contributed by atoms with Crippen LogP contribution in [0, 0.1) is 11.6 Å². The molecule has 1 unspecified atom stereocenters. The van der Waals surface area contributed by atoms with Crippen LogP contribution in [0.4, 0.5) is 8.78 Å². The molecule has 0 heterocycles. The van der Waals surface area contributed by atoms with Crippen LogP contribution < -0.4 is 10.5 Å². The fourth-order valence-electron chi connectivity index (χ4n) is 1.49. The molecular weight excluding hydrogens is 312 g/mol. The number of carboxylic acid groups (broad SMARTS) is 1. The van der Waals surface area contributed by atoms with Crippen molar-refractivity contribution in [1.82, 2.24) is 0 Å². The summed E-state index contributed by atoms with van der Waals surface area (Å²) < 4.78 is 32.2. The average molecular weight is 324 g/mol. The van der Waals surface area contributed by atoms with Gasteiger partial charge in [0.1, 0.15) is 0 Å². The minimum Gasteiger partial charge on any atom is -0.492 e. The summed E-state index contributed by atoms with van der Waals surface area (Å²) in [6.07, 6.45) is -0.198. The number of hydrogen-bond donors (Lipinski definition) is 2. The lowest BCUT2D eigenvalue weighted by molar-refractivity contribution is -0.137. The number of halogens is 3. The van der Waals surface area contributed by atoms with Gasteiger partial charge in [0, 0.05) is 18.0 Å². The lowest BCUT2D eigenvalue weighted by Crippen LogP contribution is -2.15. The van der Waals surface area contributed by atoms with Gasteiger partial charge in [0.15, 0.2) is 11.6 Å². The van der Waals surface area contributed by atoms with Crippen LogP contribution in [0.3, 0.4) is 0 Å². The molecule has 0 bridgehead atoms. The largest absolute Gasteiger partial charge is 0.492 e. The molecule has 7 heteroatoms. The Morgan fingerprint density at radius 2 is 2.17 bits per heavy atom. The predicted octanol–water partition coefficient (Wildman–Crippen LogP) is 2.60. The van der Waals surface area contributed by atoms with Crippen LogP contribution in [0.15, 0.2) is 10.5 Å². The minimum atomic E-state index is -1.15. The van der Waals surface area contributed by atoms with E-state index < -0.39 is 23.6 Å². The Hall–Kier alpha value is -1.21. The highest BCUT2D eigenvalue weighted by atomic mass is 79.9. The molecule has 1 atom stereocenters. The first kappa shape index (κ1) is 14.8. The smallest absolute Gasteiger partial charge is 0.303 e. The highest BCUT2D eigenvalue weighted by Gasteiger charge is 2.22. The van der Waals surface area contributed by atoms with Crippen LogP contribution >= 0.6 is 15.9 Å². The summed E-state index contributed by atoms with van der Waals surface area (Å²) in [7, 11) is 1.21. The van der Waals surface area contributed by atoms with Gasteiger partial charge in [0.2, 0.25) is 5.82 Å². The molecule has 1 aromatic carbocycles. The van der Waals surface area contributed by atoms with Crippen LogP contribution in [0.2, 0.25) is 0 Å². The van der Waals surface area contributed by atoms with Gasteiger partial charge in [-0.05, 0) is 28.4 Å². The number of carbonyl (C=O) groups is 1. The van der Waals surface area contributed by atoms with Crippen molar-refractivity contribution in [2.24, 2.45) is 5.73 Å². The molecule has 1 aromatic rings. The predicted molar refractivity (Wildman–Crippen MR) is 64.4 cm³/mol. The molecule has 0 aliphatic rings. The van der Waals surface area contributed by atoms with E-state index in [1.807, 2.05) is 0 Å². The van der Waals surface area contributed by atoms with Crippen LogP contribution in [0.25, 0.3) is 0 Å². The van der Waals surface area contributed by atoms with Crippen LogP contribution in [0.1, 0.15) is 24.4 Å². The third-order valence-electron chi connectivity index (χ3n) is 2.42. The molecule has 1 rings (SSSR count). The fraction of sp³-hybridized carbons (Fsp3) is 0.364. The van der Waals surface area contributed by atoms with Crippen molar-refractivity contribution in [2.45, 2.75) is 18.9 Å². The summed E-state index contributed by atoms with van der Waals surface area (Å²) in [6.45, 7) is 0. The van der Waals surface area contributed by atoms with E-state index in [9.17, 15) is 13.6 Å². The SMILES string of the molecule is COc1c(Br)cc(C(N)CCC(=O)O)c(F)c1F. The monoisotopic (exact) mass is 323 g/mol. The maximum absolute atomic E-state index is 13.7. The van der Waals surface area contributed by atoms with Gasteiger partial charge in [-0.1, -0.05) is 0 Å². The van der Waals surface area contributed by atoms with Gasteiger partial charge in [-0.3, -0.25) is 4.79 Å². The Bertz CT molecular complexity index is 468. The van der Waals surface area contributed by atoms with Crippen LogP contribution in [0.5, 0.6) is 5.75 Å². The number of aliphatic carboxylic acids is 1. The molecule has 0 aromatic heterocycles. The number of nitrogens with two attached hydrogens (primary N) is 1. The Labute approximate surface area is 111 Å². The molecule has 0 saturated carbocycles. The van der Waals surface area contributed by atoms with Crippen molar-refractivity contribution in [1.29, 1.82) is 0 Å². The molecular formula is C11H12BrF2NO3. The zero-order valence-corrected chi connectivity index (χ0v) is 11.1. The zero-order valence-electron chi connectivity index (χ0n) is 9.54. The number of benzene rings is 1. The maximum Gasteiger partial charge on any atom is 0.303 e. The highest BCUT2D eigenvalue weighted by molar-refractivity contribution is 9.10. The van der Waals surface area contributed by atoms with Crippen molar-refractivity contribution in [3.63, 3.8) is 0 Å². The van der Waals surface area contributed by atoms with E-state index in [1.54, 1.807) is 0 Å². The number of ether oxygens (including phenoxy) is 1. The van der Waals surface area contributed by atoms with Gasteiger partial charge in [-0.25, -0.2) is 4.39 Å². The van der Waals surface area contributed by atoms with E-state index in [0.29, 0.717) is 0 Å². The van der Waals surface area contributed by atoms with E-state index in [2.05, 4.69) is 15.9 Å². The molecule has 0 radical (unpaired) electrons. The zero-order chi connectivity index (χ0) is 13.9. The number of hydrogen-bond acceptors (Lipinski definition) is 3. The van der Waals surface area contributed by atoms with E-state index in [1.165, 1.54) is 13.2 Å². The first-order chi connectivity index (χ1) is 8.38. The average Bonchev–Trinajstić information content (AvgIpc) is 2.31. The second-order valence-corrected chi connectivity index (χ2v) is 4.50.